The Labute approximate surface area is 192 Å². The van der Waals surface area contributed by atoms with Crippen LogP contribution in [0.5, 0.6) is 11.5 Å². The second-order valence-electron chi connectivity index (χ2n) is 7.35. The number of halogens is 3. The summed E-state index contributed by atoms with van der Waals surface area (Å²) >= 11 is 0. The predicted octanol–water partition coefficient (Wildman–Crippen LogP) is 4.75. The van der Waals surface area contributed by atoms with Gasteiger partial charge >= 0.3 is 0 Å². The summed E-state index contributed by atoms with van der Waals surface area (Å²) in [6.45, 7) is 0. The Kier molecular flexibility index (Phi) is 6.02. The molecule has 0 spiro atoms. The maximum absolute atomic E-state index is 14.7. The number of hydrogen-bond donors (Lipinski definition) is 1. The van der Waals surface area contributed by atoms with Crippen molar-refractivity contribution in [3.63, 3.8) is 0 Å². The number of Topliss-reactive ketones (excluding diaryl/α,β-unsaturated/α-hetero) is 1. The molecule has 3 aromatic carbocycles. The highest BCUT2D eigenvalue weighted by Gasteiger charge is 2.48. The van der Waals surface area contributed by atoms with Crippen LogP contribution in [0.1, 0.15) is 17.2 Å². The Morgan fingerprint density at radius 2 is 1.47 bits per heavy atom. The average molecular weight is 469 g/mol. The van der Waals surface area contributed by atoms with E-state index in [1.54, 1.807) is 6.07 Å². The van der Waals surface area contributed by atoms with E-state index in [1.807, 2.05) is 0 Å². The summed E-state index contributed by atoms with van der Waals surface area (Å²) in [5.74, 6) is -5.13. The number of hydrogen-bond acceptors (Lipinski definition) is 5. The lowest BCUT2D eigenvalue weighted by atomic mass is 9.94. The third-order valence-corrected chi connectivity index (χ3v) is 5.46. The van der Waals surface area contributed by atoms with Gasteiger partial charge in [0.05, 0.1) is 31.5 Å². The molecule has 1 atom stereocenters. The number of aliphatic hydroxyl groups is 1. The minimum atomic E-state index is -1.40. The zero-order chi connectivity index (χ0) is 24.6. The first-order chi connectivity index (χ1) is 16.3. The first-order valence-electron chi connectivity index (χ1n) is 10.0. The van der Waals surface area contributed by atoms with Crippen molar-refractivity contribution in [2.75, 3.05) is 19.1 Å². The number of aliphatic hydroxyl groups excluding tert-OH is 1. The molecule has 1 aliphatic rings. The molecule has 9 heteroatoms. The summed E-state index contributed by atoms with van der Waals surface area (Å²) in [7, 11) is 2.67. The summed E-state index contributed by atoms with van der Waals surface area (Å²) in [6.07, 6.45) is 0. The van der Waals surface area contributed by atoms with Gasteiger partial charge in [-0.05, 0) is 42.0 Å². The van der Waals surface area contributed by atoms with Gasteiger partial charge in [-0.1, -0.05) is 18.2 Å². The normalized spacial score (nSPS) is 17.2. The molecule has 6 nitrogen and oxygen atoms in total. The molecule has 34 heavy (non-hydrogen) atoms. The maximum Gasteiger partial charge on any atom is 0.300 e. The van der Waals surface area contributed by atoms with E-state index in [2.05, 4.69) is 0 Å². The number of benzene rings is 3. The number of anilines is 1. The third kappa shape index (κ3) is 3.75. The first-order valence-corrected chi connectivity index (χ1v) is 10.0. The smallest absolute Gasteiger partial charge is 0.300 e. The lowest BCUT2D eigenvalue weighted by molar-refractivity contribution is -0.132. The number of methoxy groups -OCH3 is 2. The fourth-order valence-corrected chi connectivity index (χ4v) is 3.93. The molecule has 4 rings (SSSR count). The fourth-order valence-electron chi connectivity index (χ4n) is 3.93. The molecule has 1 aliphatic heterocycles. The number of amides is 1. The van der Waals surface area contributed by atoms with E-state index in [0.29, 0.717) is 0 Å². The number of nitrogens with zero attached hydrogens (tertiary/aromatic N) is 1. The van der Waals surface area contributed by atoms with Crippen molar-refractivity contribution in [1.29, 1.82) is 0 Å². The van der Waals surface area contributed by atoms with Crippen molar-refractivity contribution < 1.29 is 37.3 Å². The molecule has 0 radical (unpaired) electrons. The number of rotatable bonds is 5. The molecule has 1 amide bonds. The van der Waals surface area contributed by atoms with Crippen LogP contribution in [0.2, 0.25) is 0 Å². The third-order valence-electron chi connectivity index (χ3n) is 5.46. The highest BCUT2D eigenvalue weighted by molar-refractivity contribution is 6.51. The Bertz CT molecular complexity index is 1300. The van der Waals surface area contributed by atoms with Crippen LogP contribution in [0.25, 0.3) is 5.76 Å². The summed E-state index contributed by atoms with van der Waals surface area (Å²) in [5.41, 5.74) is -0.775. The van der Waals surface area contributed by atoms with Crippen LogP contribution in [0.15, 0.2) is 66.2 Å². The van der Waals surface area contributed by atoms with Crippen molar-refractivity contribution in [3.8, 4) is 11.5 Å². The van der Waals surface area contributed by atoms with E-state index in [0.717, 1.165) is 35.2 Å². The predicted molar refractivity (Wildman–Crippen MR) is 117 cm³/mol. The van der Waals surface area contributed by atoms with Gasteiger partial charge in [-0.3, -0.25) is 14.5 Å². The van der Waals surface area contributed by atoms with E-state index >= 15 is 0 Å². The van der Waals surface area contributed by atoms with Crippen LogP contribution < -0.4 is 14.4 Å². The van der Waals surface area contributed by atoms with Crippen molar-refractivity contribution in [1.82, 2.24) is 0 Å². The van der Waals surface area contributed by atoms with E-state index in [9.17, 15) is 27.9 Å². The van der Waals surface area contributed by atoms with Crippen molar-refractivity contribution in [2.24, 2.45) is 0 Å². The molecule has 0 aromatic heterocycles. The Hall–Kier alpha value is -4.27. The Morgan fingerprint density at radius 3 is 2.06 bits per heavy atom. The lowest BCUT2D eigenvalue weighted by Gasteiger charge is -2.26. The van der Waals surface area contributed by atoms with Gasteiger partial charge < -0.3 is 14.6 Å². The van der Waals surface area contributed by atoms with E-state index in [4.69, 9.17) is 9.47 Å². The molecular weight excluding hydrogens is 451 g/mol. The molecular formula is C25H18F3NO5. The van der Waals surface area contributed by atoms with Gasteiger partial charge in [-0.15, -0.1) is 0 Å². The van der Waals surface area contributed by atoms with Crippen LogP contribution >= 0.6 is 0 Å². The number of carbonyl (C=O) groups is 2. The molecule has 1 fully saturated rings. The van der Waals surface area contributed by atoms with Crippen LogP contribution in [0.4, 0.5) is 18.9 Å². The maximum atomic E-state index is 14.7. The lowest BCUT2D eigenvalue weighted by Crippen LogP contribution is -2.30. The zero-order valence-corrected chi connectivity index (χ0v) is 18.0. The molecule has 1 unspecified atom stereocenters. The Balaban J connectivity index is 2.04. The number of ketones is 1. The van der Waals surface area contributed by atoms with Gasteiger partial charge in [0.1, 0.15) is 40.3 Å². The van der Waals surface area contributed by atoms with Gasteiger partial charge in [0, 0.05) is 6.07 Å². The Morgan fingerprint density at radius 1 is 0.882 bits per heavy atom. The van der Waals surface area contributed by atoms with Crippen LogP contribution in [-0.4, -0.2) is 31.0 Å². The summed E-state index contributed by atoms with van der Waals surface area (Å²) < 4.78 is 52.9. The molecule has 174 valence electrons. The van der Waals surface area contributed by atoms with Crippen LogP contribution in [0, 0.1) is 17.5 Å². The minimum Gasteiger partial charge on any atom is -0.506 e. The van der Waals surface area contributed by atoms with Crippen molar-refractivity contribution in [3.05, 3.63) is 94.8 Å². The van der Waals surface area contributed by atoms with E-state index in [1.165, 1.54) is 38.5 Å². The van der Waals surface area contributed by atoms with Gasteiger partial charge in [0.15, 0.2) is 0 Å². The van der Waals surface area contributed by atoms with Gasteiger partial charge in [0.2, 0.25) is 0 Å². The second kappa shape index (κ2) is 8.93. The SMILES string of the molecule is COc1cccc(OC)c1/C(O)=C1\C(=O)C(=O)N(c2cc(F)ccc2F)C1c1ccc(F)cc1. The van der Waals surface area contributed by atoms with Gasteiger partial charge in [-0.2, -0.15) is 0 Å². The number of carbonyl (C=O) groups excluding carboxylic acids is 2. The monoisotopic (exact) mass is 469 g/mol. The van der Waals surface area contributed by atoms with Crippen molar-refractivity contribution in [2.45, 2.75) is 6.04 Å². The molecule has 0 saturated carbocycles. The van der Waals surface area contributed by atoms with E-state index in [-0.39, 0.29) is 22.6 Å². The molecule has 0 bridgehead atoms. The standard InChI is InChI=1S/C25H18F3NO5/c1-33-18-4-3-5-19(34-2)20(18)23(30)21-22(13-6-8-14(26)9-7-13)29(25(32)24(21)31)17-12-15(27)10-11-16(17)28/h3-12,22,30H,1-2H3/b23-21+. The summed E-state index contributed by atoms with van der Waals surface area (Å²) in [5, 5.41) is 11.3. The van der Waals surface area contributed by atoms with E-state index < -0.39 is 52.2 Å². The fraction of sp³-hybridized carbons (Fsp3) is 0.120. The summed E-state index contributed by atoms with van der Waals surface area (Å²) in [6, 6.07) is 10.4. The van der Waals surface area contributed by atoms with Crippen LogP contribution in [0.3, 0.4) is 0 Å². The molecule has 1 N–H and O–H groups in total. The topological polar surface area (TPSA) is 76.1 Å². The molecule has 0 aliphatic carbocycles. The van der Waals surface area contributed by atoms with Crippen LogP contribution in [-0.2, 0) is 9.59 Å². The first kappa shape index (κ1) is 22.9. The minimum absolute atomic E-state index is 0.0164. The largest absolute Gasteiger partial charge is 0.506 e. The average Bonchev–Trinajstić information content (AvgIpc) is 3.10. The number of ether oxygens (including phenoxy) is 2. The quantitative estimate of drug-likeness (QED) is 0.332. The molecule has 3 aromatic rings. The summed E-state index contributed by atoms with van der Waals surface area (Å²) in [4.78, 5) is 27.0. The highest BCUT2D eigenvalue weighted by Crippen LogP contribution is 2.45. The van der Waals surface area contributed by atoms with Gasteiger partial charge in [-0.25, -0.2) is 13.2 Å². The van der Waals surface area contributed by atoms with Crippen molar-refractivity contribution >= 4 is 23.1 Å². The highest BCUT2D eigenvalue weighted by atomic mass is 19.1. The molecule has 1 heterocycles. The molecule has 1 saturated heterocycles. The second-order valence-corrected chi connectivity index (χ2v) is 7.35. The zero-order valence-electron chi connectivity index (χ0n) is 18.0. The van der Waals surface area contributed by atoms with Gasteiger partial charge in [0.25, 0.3) is 11.7 Å².